The van der Waals surface area contributed by atoms with Crippen LogP contribution in [0.15, 0.2) is 18.2 Å². The van der Waals surface area contributed by atoms with Crippen molar-refractivity contribution in [1.29, 1.82) is 0 Å². The van der Waals surface area contributed by atoms with Crippen molar-refractivity contribution in [3.05, 3.63) is 40.0 Å². The van der Waals surface area contributed by atoms with E-state index in [2.05, 4.69) is 37.0 Å². The minimum atomic E-state index is 0.422. The molecule has 0 N–H and O–H groups in total. The molecule has 3 rings (SSSR count). The van der Waals surface area contributed by atoms with Gasteiger partial charge in [0.2, 0.25) is 0 Å². The molecule has 1 aliphatic rings. The predicted octanol–water partition coefficient (Wildman–Crippen LogP) is 4.89. The Morgan fingerprint density at radius 2 is 1.94 bits per heavy atom. The molecule has 0 spiro atoms. The van der Waals surface area contributed by atoms with Crippen molar-refractivity contribution >= 4 is 22.5 Å². The summed E-state index contributed by atoms with van der Waals surface area (Å²) < 4.78 is 0. The van der Waals surface area contributed by atoms with E-state index in [0.717, 1.165) is 17.5 Å². The van der Waals surface area contributed by atoms with Gasteiger partial charge < -0.3 is 0 Å². The Morgan fingerprint density at radius 1 is 1.17 bits per heavy atom. The standard InChI is InChI=1S/C16H18ClN/c1-10(2)14-9-12-8-7-11-5-3-4-6-13(11)15(12)18-16(14)17/h7-10H,3-6H2,1-2H3. The summed E-state index contributed by atoms with van der Waals surface area (Å²) in [6.45, 7) is 4.32. The van der Waals surface area contributed by atoms with E-state index in [1.165, 1.54) is 35.8 Å². The van der Waals surface area contributed by atoms with E-state index in [-0.39, 0.29) is 0 Å². The quantitative estimate of drug-likeness (QED) is 0.665. The van der Waals surface area contributed by atoms with Crippen LogP contribution >= 0.6 is 11.6 Å². The monoisotopic (exact) mass is 259 g/mol. The number of hydrogen-bond acceptors (Lipinski definition) is 1. The number of aromatic nitrogens is 1. The molecule has 1 nitrogen and oxygen atoms in total. The van der Waals surface area contributed by atoms with Gasteiger partial charge in [-0.1, -0.05) is 37.6 Å². The predicted molar refractivity (Wildman–Crippen MR) is 77.5 cm³/mol. The third-order valence-corrected chi connectivity index (χ3v) is 4.22. The van der Waals surface area contributed by atoms with Crippen molar-refractivity contribution in [1.82, 2.24) is 4.98 Å². The lowest BCUT2D eigenvalue weighted by atomic mass is 9.89. The van der Waals surface area contributed by atoms with Gasteiger partial charge in [-0.2, -0.15) is 0 Å². The number of rotatable bonds is 1. The summed E-state index contributed by atoms with van der Waals surface area (Å²) >= 11 is 6.33. The van der Waals surface area contributed by atoms with Gasteiger partial charge in [0, 0.05) is 5.39 Å². The second kappa shape index (κ2) is 4.55. The minimum absolute atomic E-state index is 0.422. The molecule has 0 atom stereocenters. The zero-order valence-electron chi connectivity index (χ0n) is 11.0. The van der Waals surface area contributed by atoms with Crippen LogP contribution in [-0.4, -0.2) is 4.98 Å². The first kappa shape index (κ1) is 12.0. The zero-order valence-corrected chi connectivity index (χ0v) is 11.7. The highest BCUT2D eigenvalue weighted by Crippen LogP contribution is 2.32. The summed E-state index contributed by atoms with van der Waals surface area (Å²) in [4.78, 5) is 4.68. The molecule has 2 aromatic rings. The lowest BCUT2D eigenvalue weighted by molar-refractivity contribution is 0.689. The summed E-state index contributed by atoms with van der Waals surface area (Å²) in [5.41, 5.74) is 5.17. The fourth-order valence-electron chi connectivity index (χ4n) is 2.87. The largest absolute Gasteiger partial charge is 0.236 e. The summed E-state index contributed by atoms with van der Waals surface area (Å²) in [7, 11) is 0. The normalized spacial score (nSPS) is 15.1. The van der Waals surface area contributed by atoms with Crippen molar-refractivity contribution in [3.63, 3.8) is 0 Å². The molecule has 0 unspecified atom stereocenters. The number of nitrogens with zero attached hydrogens (tertiary/aromatic N) is 1. The van der Waals surface area contributed by atoms with Gasteiger partial charge in [0.1, 0.15) is 5.15 Å². The highest BCUT2D eigenvalue weighted by atomic mass is 35.5. The van der Waals surface area contributed by atoms with E-state index in [4.69, 9.17) is 11.6 Å². The molecular weight excluding hydrogens is 242 g/mol. The smallest absolute Gasteiger partial charge is 0.133 e. The van der Waals surface area contributed by atoms with E-state index in [0.29, 0.717) is 11.1 Å². The van der Waals surface area contributed by atoms with Crippen LogP contribution in [0.5, 0.6) is 0 Å². The molecular formula is C16H18ClN. The van der Waals surface area contributed by atoms with Gasteiger partial charge in [-0.15, -0.1) is 0 Å². The van der Waals surface area contributed by atoms with Gasteiger partial charge in [-0.05, 0) is 54.4 Å². The molecule has 0 fully saturated rings. The third kappa shape index (κ3) is 1.91. The number of aryl methyl sites for hydroxylation is 2. The lowest BCUT2D eigenvalue weighted by Crippen LogP contribution is -2.05. The molecule has 0 radical (unpaired) electrons. The van der Waals surface area contributed by atoms with Crippen LogP contribution in [0.3, 0.4) is 0 Å². The van der Waals surface area contributed by atoms with Crippen LogP contribution in [0.25, 0.3) is 10.9 Å². The van der Waals surface area contributed by atoms with Crippen LogP contribution < -0.4 is 0 Å². The minimum Gasteiger partial charge on any atom is -0.236 e. The molecule has 1 aromatic carbocycles. The first-order chi connectivity index (χ1) is 8.66. The van der Waals surface area contributed by atoms with Crippen LogP contribution in [-0.2, 0) is 12.8 Å². The Morgan fingerprint density at radius 3 is 2.72 bits per heavy atom. The molecule has 1 heterocycles. The van der Waals surface area contributed by atoms with Gasteiger partial charge in [-0.3, -0.25) is 0 Å². The van der Waals surface area contributed by atoms with Crippen LogP contribution in [0.2, 0.25) is 5.15 Å². The van der Waals surface area contributed by atoms with Crippen molar-refractivity contribution < 1.29 is 0 Å². The number of benzene rings is 1. The van der Waals surface area contributed by atoms with Gasteiger partial charge in [0.25, 0.3) is 0 Å². The summed E-state index contributed by atoms with van der Waals surface area (Å²) in [6, 6.07) is 6.69. The molecule has 0 saturated carbocycles. The second-order valence-corrected chi connectivity index (χ2v) is 5.86. The Labute approximate surface area is 113 Å². The van der Waals surface area contributed by atoms with Crippen LogP contribution in [0.4, 0.5) is 0 Å². The fraction of sp³-hybridized carbons (Fsp3) is 0.438. The van der Waals surface area contributed by atoms with E-state index >= 15 is 0 Å². The lowest BCUT2D eigenvalue weighted by Gasteiger charge is -2.18. The second-order valence-electron chi connectivity index (χ2n) is 5.51. The number of hydrogen-bond donors (Lipinski definition) is 0. The van der Waals surface area contributed by atoms with Crippen molar-refractivity contribution in [2.24, 2.45) is 0 Å². The molecule has 0 aliphatic heterocycles. The summed E-state index contributed by atoms with van der Waals surface area (Å²) in [5, 5.41) is 1.92. The maximum atomic E-state index is 6.33. The van der Waals surface area contributed by atoms with Gasteiger partial charge in [0.15, 0.2) is 0 Å². The first-order valence-corrected chi connectivity index (χ1v) is 7.15. The SMILES string of the molecule is CC(C)c1cc2ccc3c(c2nc1Cl)CCCC3. The molecule has 2 heteroatoms. The molecule has 0 bridgehead atoms. The first-order valence-electron chi connectivity index (χ1n) is 6.77. The fourth-order valence-corrected chi connectivity index (χ4v) is 3.23. The zero-order chi connectivity index (χ0) is 12.7. The maximum absolute atomic E-state index is 6.33. The van der Waals surface area contributed by atoms with E-state index in [9.17, 15) is 0 Å². The summed E-state index contributed by atoms with van der Waals surface area (Å²) in [6.07, 6.45) is 4.92. The molecule has 94 valence electrons. The van der Waals surface area contributed by atoms with E-state index < -0.39 is 0 Å². The Hall–Kier alpha value is -1.08. The number of fused-ring (bicyclic) bond motifs is 3. The Balaban J connectivity index is 2.26. The van der Waals surface area contributed by atoms with Gasteiger partial charge in [0.05, 0.1) is 5.52 Å². The Bertz CT molecular complexity index is 602. The van der Waals surface area contributed by atoms with Crippen LogP contribution in [0.1, 0.15) is 49.3 Å². The number of halogens is 1. The molecule has 0 saturated heterocycles. The highest BCUT2D eigenvalue weighted by molar-refractivity contribution is 6.30. The highest BCUT2D eigenvalue weighted by Gasteiger charge is 2.15. The summed E-state index contributed by atoms with van der Waals surface area (Å²) in [5.74, 6) is 0.422. The average Bonchev–Trinajstić information content (AvgIpc) is 2.37. The van der Waals surface area contributed by atoms with E-state index in [1.54, 1.807) is 0 Å². The number of pyridine rings is 1. The van der Waals surface area contributed by atoms with Crippen molar-refractivity contribution in [2.45, 2.75) is 45.4 Å². The van der Waals surface area contributed by atoms with Crippen LogP contribution in [0, 0.1) is 0 Å². The Kier molecular flexibility index (Phi) is 3.03. The third-order valence-electron chi connectivity index (χ3n) is 3.92. The molecule has 1 aromatic heterocycles. The van der Waals surface area contributed by atoms with Crippen molar-refractivity contribution in [2.75, 3.05) is 0 Å². The van der Waals surface area contributed by atoms with Gasteiger partial charge in [-0.25, -0.2) is 4.98 Å². The van der Waals surface area contributed by atoms with E-state index in [1.807, 2.05) is 0 Å². The molecule has 1 aliphatic carbocycles. The molecule has 18 heavy (non-hydrogen) atoms. The van der Waals surface area contributed by atoms with Gasteiger partial charge >= 0.3 is 0 Å². The topological polar surface area (TPSA) is 12.9 Å². The maximum Gasteiger partial charge on any atom is 0.133 e. The van der Waals surface area contributed by atoms with Crippen molar-refractivity contribution in [3.8, 4) is 0 Å². The molecule has 0 amide bonds. The average molecular weight is 260 g/mol.